The molecule has 2 aromatic rings. The number of halogens is 2. The van der Waals surface area contributed by atoms with E-state index in [1.165, 1.54) is 30.3 Å². The normalized spacial score (nSPS) is 11.5. The molecule has 7 heteroatoms. The van der Waals surface area contributed by atoms with Gasteiger partial charge in [0.05, 0.1) is 10.6 Å². The summed E-state index contributed by atoms with van der Waals surface area (Å²) in [6.07, 6.45) is 0. The van der Waals surface area contributed by atoms with Gasteiger partial charge in [0.1, 0.15) is 5.75 Å². The van der Waals surface area contributed by atoms with E-state index in [1.54, 1.807) is 19.1 Å². The number of ether oxygens (including phenoxy) is 1. The molecule has 4 nitrogen and oxygen atoms in total. The van der Waals surface area contributed by atoms with Crippen molar-refractivity contribution in [1.29, 1.82) is 0 Å². The van der Waals surface area contributed by atoms with Crippen molar-refractivity contribution in [1.82, 2.24) is 0 Å². The second kappa shape index (κ2) is 6.31. The van der Waals surface area contributed by atoms with E-state index in [0.29, 0.717) is 5.56 Å². The van der Waals surface area contributed by atoms with Crippen molar-refractivity contribution in [2.24, 2.45) is 0 Å². The van der Waals surface area contributed by atoms with Crippen molar-refractivity contribution in [2.75, 3.05) is 4.72 Å². The zero-order valence-corrected chi connectivity index (χ0v) is 12.8. The van der Waals surface area contributed by atoms with E-state index in [-0.39, 0.29) is 16.3 Å². The molecule has 118 valence electrons. The molecule has 0 aliphatic rings. The molecule has 22 heavy (non-hydrogen) atoms. The molecule has 0 aliphatic carbocycles. The van der Waals surface area contributed by atoms with Crippen molar-refractivity contribution in [2.45, 2.75) is 25.4 Å². The molecule has 2 rings (SSSR count). The van der Waals surface area contributed by atoms with Crippen molar-refractivity contribution >= 4 is 15.7 Å². The summed E-state index contributed by atoms with van der Waals surface area (Å²) >= 11 is 0. The van der Waals surface area contributed by atoms with E-state index in [1.807, 2.05) is 6.92 Å². The highest BCUT2D eigenvalue weighted by molar-refractivity contribution is 7.92. The fourth-order valence-corrected chi connectivity index (χ4v) is 3.35. The van der Waals surface area contributed by atoms with Crippen molar-refractivity contribution < 1.29 is 21.9 Å². The fraction of sp³-hybridized carbons (Fsp3) is 0.200. The lowest BCUT2D eigenvalue weighted by Crippen LogP contribution is -2.15. The zero-order chi connectivity index (χ0) is 16.3. The first-order valence-electron chi connectivity index (χ1n) is 6.43. The zero-order valence-electron chi connectivity index (χ0n) is 12.0. The number of hydrogen-bond acceptors (Lipinski definition) is 3. The predicted molar refractivity (Wildman–Crippen MR) is 79.8 cm³/mol. The molecule has 0 aliphatic heterocycles. The number of benzene rings is 2. The molecular weight excluding hydrogens is 312 g/mol. The van der Waals surface area contributed by atoms with E-state index >= 15 is 0 Å². The third kappa shape index (κ3) is 3.73. The minimum absolute atomic E-state index is 0.0391. The Bertz CT molecular complexity index is 776. The minimum Gasteiger partial charge on any atom is -0.433 e. The first-order valence-corrected chi connectivity index (χ1v) is 7.92. The Hall–Kier alpha value is -2.15. The van der Waals surface area contributed by atoms with Crippen LogP contribution in [0, 0.1) is 13.8 Å². The summed E-state index contributed by atoms with van der Waals surface area (Å²) in [7, 11) is -3.89. The molecule has 0 spiro atoms. The Labute approximate surface area is 127 Å². The van der Waals surface area contributed by atoms with E-state index in [2.05, 4.69) is 9.46 Å². The molecule has 1 N–H and O–H groups in total. The lowest BCUT2D eigenvalue weighted by atomic mass is 10.2. The van der Waals surface area contributed by atoms with Gasteiger partial charge in [-0.05, 0) is 37.6 Å². The first-order chi connectivity index (χ1) is 10.3. The van der Waals surface area contributed by atoms with Crippen LogP contribution in [-0.2, 0) is 10.0 Å². The van der Waals surface area contributed by atoms with Crippen molar-refractivity contribution in [3.8, 4) is 5.75 Å². The Kier molecular flexibility index (Phi) is 4.65. The third-order valence-corrected chi connectivity index (χ3v) is 4.49. The summed E-state index contributed by atoms with van der Waals surface area (Å²) in [5.74, 6) is -0.231. The largest absolute Gasteiger partial charge is 0.433 e. The van der Waals surface area contributed by atoms with Crippen LogP contribution in [-0.4, -0.2) is 15.0 Å². The van der Waals surface area contributed by atoms with Gasteiger partial charge >= 0.3 is 6.61 Å². The molecule has 0 bridgehead atoms. The number of hydrogen-bond donors (Lipinski definition) is 1. The monoisotopic (exact) mass is 327 g/mol. The van der Waals surface area contributed by atoms with Crippen LogP contribution in [0.3, 0.4) is 0 Å². The summed E-state index contributed by atoms with van der Waals surface area (Å²) in [6.45, 7) is 0.484. The number of rotatable bonds is 5. The first kappa shape index (κ1) is 16.2. The van der Waals surface area contributed by atoms with Crippen LogP contribution in [0.1, 0.15) is 11.1 Å². The Balaban J connectivity index is 2.37. The SMILES string of the molecule is Cc1ccc(S(=O)(=O)Nc2ccccc2OC(F)F)c(C)c1. The maximum Gasteiger partial charge on any atom is 0.387 e. The number of nitrogens with one attached hydrogen (secondary N) is 1. The fourth-order valence-electron chi connectivity index (χ4n) is 2.05. The van der Waals surface area contributed by atoms with Crippen LogP contribution in [0.25, 0.3) is 0 Å². The number of para-hydroxylation sites is 2. The van der Waals surface area contributed by atoms with Gasteiger partial charge in [0, 0.05) is 0 Å². The molecular formula is C15H15F2NO3S. The number of anilines is 1. The summed E-state index contributed by atoms with van der Waals surface area (Å²) in [5, 5.41) is 0. The third-order valence-electron chi connectivity index (χ3n) is 2.97. The maximum atomic E-state index is 12.4. The van der Waals surface area contributed by atoms with Gasteiger partial charge in [0.2, 0.25) is 0 Å². The molecule has 0 saturated heterocycles. The van der Waals surface area contributed by atoms with Gasteiger partial charge in [-0.1, -0.05) is 29.8 Å². The molecule has 0 atom stereocenters. The molecule has 2 aromatic carbocycles. The van der Waals surface area contributed by atoms with Crippen LogP contribution in [0.5, 0.6) is 5.75 Å². The standard InChI is InChI=1S/C15H15F2NO3S/c1-10-7-8-14(11(2)9-10)22(19,20)18-12-5-3-4-6-13(12)21-15(16)17/h3-9,15,18H,1-2H3. The molecule has 0 heterocycles. The summed E-state index contributed by atoms with van der Waals surface area (Å²) < 4.78 is 56.2. The molecule has 0 saturated carbocycles. The van der Waals surface area contributed by atoms with Gasteiger partial charge in [0.25, 0.3) is 10.0 Å². The van der Waals surface area contributed by atoms with E-state index < -0.39 is 16.6 Å². The van der Waals surface area contributed by atoms with Gasteiger partial charge in [-0.15, -0.1) is 0 Å². The quantitative estimate of drug-likeness (QED) is 0.911. The molecule has 0 aromatic heterocycles. The molecule has 0 amide bonds. The van der Waals surface area contributed by atoms with Gasteiger partial charge in [-0.3, -0.25) is 4.72 Å². The van der Waals surface area contributed by atoms with E-state index in [9.17, 15) is 17.2 Å². The van der Waals surface area contributed by atoms with Crippen molar-refractivity contribution in [3.05, 3.63) is 53.6 Å². The van der Waals surface area contributed by atoms with E-state index in [4.69, 9.17) is 0 Å². The average Bonchev–Trinajstić information content (AvgIpc) is 2.39. The van der Waals surface area contributed by atoms with Crippen LogP contribution in [0.4, 0.5) is 14.5 Å². The Morgan fingerprint density at radius 3 is 2.41 bits per heavy atom. The lowest BCUT2D eigenvalue weighted by Gasteiger charge is -2.14. The van der Waals surface area contributed by atoms with Gasteiger partial charge < -0.3 is 4.74 Å². The van der Waals surface area contributed by atoms with Gasteiger partial charge in [-0.25, -0.2) is 8.42 Å². The molecule has 0 radical (unpaired) electrons. The lowest BCUT2D eigenvalue weighted by molar-refractivity contribution is -0.0493. The minimum atomic E-state index is -3.89. The van der Waals surface area contributed by atoms with Crippen LogP contribution < -0.4 is 9.46 Å². The Morgan fingerprint density at radius 2 is 1.77 bits per heavy atom. The van der Waals surface area contributed by atoms with Crippen LogP contribution in [0.2, 0.25) is 0 Å². The number of sulfonamides is 1. The molecule has 0 fully saturated rings. The predicted octanol–water partition coefficient (Wildman–Crippen LogP) is 3.71. The topological polar surface area (TPSA) is 55.4 Å². The highest BCUT2D eigenvalue weighted by atomic mass is 32.2. The van der Waals surface area contributed by atoms with Crippen molar-refractivity contribution in [3.63, 3.8) is 0 Å². The van der Waals surface area contributed by atoms with Crippen LogP contribution in [0.15, 0.2) is 47.4 Å². The summed E-state index contributed by atoms with van der Waals surface area (Å²) in [5.41, 5.74) is 1.46. The van der Waals surface area contributed by atoms with Gasteiger partial charge in [0.15, 0.2) is 0 Å². The number of aryl methyl sites for hydroxylation is 2. The molecule has 0 unspecified atom stereocenters. The highest BCUT2D eigenvalue weighted by Crippen LogP contribution is 2.28. The van der Waals surface area contributed by atoms with E-state index in [0.717, 1.165) is 5.56 Å². The summed E-state index contributed by atoms with van der Waals surface area (Å²) in [6, 6.07) is 10.5. The number of alkyl halides is 2. The summed E-state index contributed by atoms with van der Waals surface area (Å²) in [4.78, 5) is 0.0879. The second-order valence-corrected chi connectivity index (χ2v) is 6.40. The average molecular weight is 327 g/mol. The second-order valence-electron chi connectivity index (χ2n) is 4.75. The van der Waals surface area contributed by atoms with Crippen LogP contribution >= 0.6 is 0 Å². The van der Waals surface area contributed by atoms with Gasteiger partial charge in [-0.2, -0.15) is 8.78 Å². The smallest absolute Gasteiger partial charge is 0.387 e. The highest BCUT2D eigenvalue weighted by Gasteiger charge is 2.19. The Morgan fingerprint density at radius 1 is 1.09 bits per heavy atom. The maximum absolute atomic E-state index is 12.4.